The molecule has 0 unspecified atom stereocenters. The zero-order valence-electron chi connectivity index (χ0n) is 11.2. The molecule has 0 aliphatic rings. The summed E-state index contributed by atoms with van der Waals surface area (Å²) in [5.74, 6) is 0.721. The van der Waals surface area contributed by atoms with Crippen LogP contribution in [0.15, 0.2) is 41.8 Å². The Labute approximate surface area is 139 Å². The van der Waals surface area contributed by atoms with Crippen molar-refractivity contribution in [3.05, 3.63) is 56.7 Å². The Bertz CT molecular complexity index is 936. The Kier molecular flexibility index (Phi) is 3.49. The van der Waals surface area contributed by atoms with E-state index in [0.717, 1.165) is 21.4 Å². The standard InChI is InChI=1S/C15H9ClN4S2/c16-11-5-3-10(4-6-11)14-17-18-15-20(14)19-13(22-15)8-7-12-2-1-9-21-12/h1-9H/b8-7+. The lowest BCUT2D eigenvalue weighted by atomic mass is 10.2. The van der Waals surface area contributed by atoms with Gasteiger partial charge < -0.3 is 0 Å². The molecule has 0 N–H and O–H groups in total. The Morgan fingerprint density at radius 1 is 1.05 bits per heavy atom. The van der Waals surface area contributed by atoms with E-state index in [9.17, 15) is 0 Å². The number of hydrogen-bond acceptors (Lipinski definition) is 5. The van der Waals surface area contributed by atoms with Crippen LogP contribution in [0.2, 0.25) is 5.02 Å². The summed E-state index contributed by atoms with van der Waals surface area (Å²) in [6, 6.07) is 11.6. The second-order valence-electron chi connectivity index (χ2n) is 4.51. The van der Waals surface area contributed by atoms with Crippen molar-refractivity contribution in [1.82, 2.24) is 19.8 Å². The average molecular weight is 345 g/mol. The molecule has 3 heterocycles. The van der Waals surface area contributed by atoms with Gasteiger partial charge >= 0.3 is 0 Å². The number of benzene rings is 1. The molecule has 108 valence electrons. The predicted molar refractivity (Wildman–Crippen MR) is 92.4 cm³/mol. The van der Waals surface area contributed by atoms with Crippen LogP contribution in [0.25, 0.3) is 28.5 Å². The predicted octanol–water partition coefficient (Wildman–Crippen LogP) is 4.74. The second kappa shape index (κ2) is 5.64. The lowest BCUT2D eigenvalue weighted by molar-refractivity contribution is 0.960. The molecule has 0 radical (unpaired) electrons. The van der Waals surface area contributed by atoms with Gasteiger partial charge in [-0.15, -0.1) is 21.5 Å². The molecule has 0 spiro atoms. The van der Waals surface area contributed by atoms with Gasteiger partial charge in [-0.2, -0.15) is 9.61 Å². The molecule has 4 aromatic rings. The summed E-state index contributed by atoms with van der Waals surface area (Å²) in [6.07, 6.45) is 4.05. The van der Waals surface area contributed by atoms with E-state index in [1.807, 2.05) is 36.4 Å². The molecule has 0 saturated carbocycles. The molecule has 0 aliphatic carbocycles. The summed E-state index contributed by atoms with van der Waals surface area (Å²) in [6.45, 7) is 0. The van der Waals surface area contributed by atoms with Crippen LogP contribution in [-0.2, 0) is 0 Å². The minimum absolute atomic E-state index is 0.697. The molecule has 0 saturated heterocycles. The van der Waals surface area contributed by atoms with Crippen LogP contribution >= 0.6 is 34.3 Å². The van der Waals surface area contributed by atoms with Crippen molar-refractivity contribution in [3.63, 3.8) is 0 Å². The zero-order chi connectivity index (χ0) is 14.9. The summed E-state index contributed by atoms with van der Waals surface area (Å²) in [4.78, 5) is 1.97. The van der Waals surface area contributed by atoms with E-state index in [0.29, 0.717) is 5.02 Å². The van der Waals surface area contributed by atoms with Crippen molar-refractivity contribution >= 4 is 51.4 Å². The zero-order valence-corrected chi connectivity index (χ0v) is 13.6. The van der Waals surface area contributed by atoms with E-state index in [2.05, 4.69) is 32.8 Å². The van der Waals surface area contributed by atoms with Crippen molar-refractivity contribution in [2.24, 2.45) is 0 Å². The monoisotopic (exact) mass is 344 g/mol. The first-order chi connectivity index (χ1) is 10.8. The Hall–Kier alpha value is -2.02. The molecule has 0 atom stereocenters. The maximum atomic E-state index is 5.92. The van der Waals surface area contributed by atoms with Crippen LogP contribution in [0.3, 0.4) is 0 Å². The van der Waals surface area contributed by atoms with Crippen LogP contribution in [0.1, 0.15) is 9.88 Å². The quantitative estimate of drug-likeness (QED) is 0.539. The number of rotatable bonds is 3. The summed E-state index contributed by atoms with van der Waals surface area (Å²) in [7, 11) is 0. The molecule has 0 bridgehead atoms. The highest BCUT2D eigenvalue weighted by molar-refractivity contribution is 7.17. The molecular weight excluding hydrogens is 336 g/mol. The smallest absolute Gasteiger partial charge is 0.182 e. The SMILES string of the molecule is Clc1ccc(-c2nnc3sc(/C=C/c4cccs4)nn23)cc1. The number of halogens is 1. The van der Waals surface area contributed by atoms with Gasteiger partial charge in [0.05, 0.1) is 0 Å². The molecule has 22 heavy (non-hydrogen) atoms. The number of nitrogens with zero attached hydrogens (tertiary/aromatic N) is 4. The topological polar surface area (TPSA) is 43.1 Å². The summed E-state index contributed by atoms with van der Waals surface area (Å²) < 4.78 is 1.77. The molecule has 4 rings (SSSR count). The minimum atomic E-state index is 0.697. The fourth-order valence-electron chi connectivity index (χ4n) is 2.02. The first kappa shape index (κ1) is 13.6. The van der Waals surface area contributed by atoms with Gasteiger partial charge in [0.25, 0.3) is 0 Å². The van der Waals surface area contributed by atoms with Gasteiger partial charge in [-0.1, -0.05) is 29.0 Å². The number of thiophene rings is 1. The van der Waals surface area contributed by atoms with E-state index in [4.69, 9.17) is 11.6 Å². The van der Waals surface area contributed by atoms with Crippen molar-refractivity contribution in [3.8, 4) is 11.4 Å². The summed E-state index contributed by atoms with van der Waals surface area (Å²) >= 11 is 9.12. The third-order valence-electron chi connectivity index (χ3n) is 3.04. The molecule has 1 aromatic carbocycles. The fourth-order valence-corrected chi connectivity index (χ4v) is 3.50. The van der Waals surface area contributed by atoms with Gasteiger partial charge in [0, 0.05) is 15.5 Å². The fraction of sp³-hybridized carbons (Fsp3) is 0. The lowest BCUT2D eigenvalue weighted by Crippen LogP contribution is -1.90. The normalized spacial score (nSPS) is 11.7. The minimum Gasteiger partial charge on any atom is -0.182 e. The van der Waals surface area contributed by atoms with Gasteiger partial charge in [-0.25, -0.2) is 0 Å². The number of fused-ring (bicyclic) bond motifs is 1. The highest BCUT2D eigenvalue weighted by Crippen LogP contribution is 2.24. The van der Waals surface area contributed by atoms with Gasteiger partial charge in [-0.3, -0.25) is 0 Å². The van der Waals surface area contributed by atoms with Crippen LogP contribution in [0.5, 0.6) is 0 Å². The average Bonchev–Trinajstić information content (AvgIpc) is 3.23. The van der Waals surface area contributed by atoms with E-state index in [-0.39, 0.29) is 0 Å². The molecule has 4 nitrogen and oxygen atoms in total. The first-order valence-electron chi connectivity index (χ1n) is 6.49. The molecule has 0 fully saturated rings. The van der Waals surface area contributed by atoms with E-state index in [1.165, 1.54) is 16.2 Å². The first-order valence-corrected chi connectivity index (χ1v) is 8.57. The highest BCUT2D eigenvalue weighted by Gasteiger charge is 2.12. The maximum absolute atomic E-state index is 5.92. The van der Waals surface area contributed by atoms with E-state index < -0.39 is 0 Å². The van der Waals surface area contributed by atoms with Crippen LogP contribution < -0.4 is 0 Å². The van der Waals surface area contributed by atoms with Gasteiger partial charge in [0.15, 0.2) is 5.82 Å². The third kappa shape index (κ3) is 2.56. The van der Waals surface area contributed by atoms with Crippen molar-refractivity contribution in [1.29, 1.82) is 0 Å². The summed E-state index contributed by atoms with van der Waals surface area (Å²) in [5, 5.41) is 16.6. The Morgan fingerprint density at radius 3 is 2.68 bits per heavy atom. The van der Waals surface area contributed by atoms with Crippen molar-refractivity contribution in [2.75, 3.05) is 0 Å². The maximum Gasteiger partial charge on any atom is 0.235 e. The number of hydrogen-bond donors (Lipinski definition) is 0. The molecular formula is C15H9ClN4S2. The van der Waals surface area contributed by atoms with Crippen LogP contribution in [0, 0.1) is 0 Å². The largest absolute Gasteiger partial charge is 0.235 e. The van der Waals surface area contributed by atoms with Crippen LogP contribution in [0.4, 0.5) is 0 Å². The van der Waals surface area contributed by atoms with Gasteiger partial charge in [0.2, 0.25) is 4.96 Å². The van der Waals surface area contributed by atoms with Crippen molar-refractivity contribution in [2.45, 2.75) is 0 Å². The molecule has 7 heteroatoms. The van der Waals surface area contributed by atoms with Crippen molar-refractivity contribution < 1.29 is 0 Å². The Balaban J connectivity index is 1.71. The lowest BCUT2D eigenvalue weighted by Gasteiger charge is -1.96. The number of aromatic nitrogens is 4. The molecule has 3 aromatic heterocycles. The Morgan fingerprint density at radius 2 is 1.91 bits per heavy atom. The van der Waals surface area contributed by atoms with Gasteiger partial charge in [0.1, 0.15) is 5.01 Å². The summed E-state index contributed by atoms with van der Waals surface area (Å²) in [5.41, 5.74) is 0.941. The van der Waals surface area contributed by atoms with E-state index in [1.54, 1.807) is 15.9 Å². The van der Waals surface area contributed by atoms with Gasteiger partial charge in [-0.05, 0) is 47.9 Å². The van der Waals surface area contributed by atoms with Crippen LogP contribution in [-0.4, -0.2) is 19.8 Å². The highest BCUT2D eigenvalue weighted by atomic mass is 35.5. The molecule has 0 aliphatic heterocycles. The third-order valence-corrected chi connectivity index (χ3v) is 5.00. The molecule has 0 amide bonds. The van der Waals surface area contributed by atoms with E-state index >= 15 is 0 Å². The second-order valence-corrected chi connectivity index (χ2v) is 6.92.